The van der Waals surface area contributed by atoms with Crippen LogP contribution in [0.25, 0.3) is 0 Å². The fraction of sp³-hybridized carbons (Fsp3) is 0.692. The molecule has 2 atom stereocenters. The van der Waals surface area contributed by atoms with Crippen molar-refractivity contribution < 1.29 is 9.59 Å². The van der Waals surface area contributed by atoms with Crippen molar-refractivity contribution in [2.75, 3.05) is 0 Å². The molecular formula is C13H20N2O2. The molecule has 2 unspecified atom stereocenters. The highest BCUT2D eigenvalue weighted by Gasteiger charge is 2.51. The summed E-state index contributed by atoms with van der Waals surface area (Å²) in [7, 11) is 0. The second kappa shape index (κ2) is 4.17. The van der Waals surface area contributed by atoms with Crippen LogP contribution in [0.5, 0.6) is 0 Å². The molecule has 1 N–H and O–H groups in total. The minimum absolute atomic E-state index is 0.0415. The maximum Gasteiger partial charge on any atom is 0.249 e. The Hall–Kier alpha value is -1.32. The normalized spacial score (nSPS) is 29.3. The molecule has 0 bridgehead atoms. The van der Waals surface area contributed by atoms with Crippen LogP contribution in [0, 0.1) is 0 Å². The third-order valence-corrected chi connectivity index (χ3v) is 4.04. The van der Waals surface area contributed by atoms with Crippen molar-refractivity contribution in [3.63, 3.8) is 0 Å². The largest absolute Gasteiger partial charge is 0.340 e. The summed E-state index contributed by atoms with van der Waals surface area (Å²) in [6, 6.07) is -0.497. The van der Waals surface area contributed by atoms with Crippen molar-refractivity contribution in [3.05, 3.63) is 12.7 Å². The van der Waals surface area contributed by atoms with Gasteiger partial charge in [0.2, 0.25) is 11.8 Å². The lowest BCUT2D eigenvalue weighted by molar-refractivity contribution is -0.155. The van der Waals surface area contributed by atoms with Crippen LogP contribution in [-0.2, 0) is 9.59 Å². The third-order valence-electron chi connectivity index (χ3n) is 4.04. The van der Waals surface area contributed by atoms with Crippen LogP contribution in [0.1, 0.15) is 39.5 Å². The highest BCUT2D eigenvalue weighted by molar-refractivity contribution is 6.00. The van der Waals surface area contributed by atoms with Gasteiger partial charge in [0.05, 0.1) is 0 Å². The molecule has 1 aliphatic heterocycles. The number of nitrogens with zero attached hydrogens (tertiary/aromatic N) is 1. The van der Waals surface area contributed by atoms with E-state index in [2.05, 4.69) is 11.9 Å². The second-order valence-electron chi connectivity index (χ2n) is 5.14. The summed E-state index contributed by atoms with van der Waals surface area (Å²) in [5.41, 5.74) is -0.624. The second-order valence-corrected chi connectivity index (χ2v) is 5.14. The van der Waals surface area contributed by atoms with Gasteiger partial charge in [-0.2, -0.15) is 0 Å². The van der Waals surface area contributed by atoms with Gasteiger partial charge in [0, 0.05) is 6.04 Å². The van der Waals surface area contributed by atoms with E-state index in [4.69, 9.17) is 0 Å². The van der Waals surface area contributed by atoms with Gasteiger partial charge in [-0.25, -0.2) is 0 Å². The topological polar surface area (TPSA) is 49.4 Å². The van der Waals surface area contributed by atoms with E-state index in [1.165, 1.54) is 0 Å². The van der Waals surface area contributed by atoms with Gasteiger partial charge in [-0.05, 0) is 26.7 Å². The molecule has 1 aliphatic carbocycles. The van der Waals surface area contributed by atoms with E-state index < -0.39 is 11.6 Å². The quantitative estimate of drug-likeness (QED) is 0.733. The number of piperazine rings is 1. The zero-order chi connectivity index (χ0) is 12.6. The number of nitrogens with one attached hydrogen (secondary N) is 1. The molecular weight excluding hydrogens is 216 g/mol. The summed E-state index contributed by atoms with van der Waals surface area (Å²) in [5, 5.41) is 2.94. The molecule has 1 spiro atoms. The average Bonchev–Trinajstić information content (AvgIpc) is 2.76. The van der Waals surface area contributed by atoms with Crippen LogP contribution in [0.4, 0.5) is 0 Å². The lowest BCUT2D eigenvalue weighted by Gasteiger charge is -2.45. The number of carbonyl (C=O) groups excluding carboxylic acids is 2. The van der Waals surface area contributed by atoms with E-state index >= 15 is 0 Å². The monoisotopic (exact) mass is 236 g/mol. The van der Waals surface area contributed by atoms with Gasteiger partial charge in [0.15, 0.2) is 0 Å². The standard InChI is InChI=1S/C13H20N2O2/c1-4-9(2)15-10(3)11(16)14-13(12(15)17)7-5-6-8-13/h4,9-10H,1,5-8H2,2-3H3,(H,14,16). The first-order valence-corrected chi connectivity index (χ1v) is 6.29. The molecule has 94 valence electrons. The predicted octanol–water partition coefficient (Wildman–Crippen LogP) is 1.22. The van der Waals surface area contributed by atoms with Crippen molar-refractivity contribution in [2.45, 2.75) is 57.2 Å². The van der Waals surface area contributed by atoms with Crippen LogP contribution in [0.3, 0.4) is 0 Å². The van der Waals surface area contributed by atoms with Crippen LogP contribution < -0.4 is 5.32 Å². The van der Waals surface area contributed by atoms with Crippen molar-refractivity contribution in [2.24, 2.45) is 0 Å². The Bertz CT molecular complexity index is 358. The first kappa shape index (κ1) is 12.1. The molecule has 2 rings (SSSR count). The highest BCUT2D eigenvalue weighted by atomic mass is 16.2. The van der Waals surface area contributed by atoms with Crippen LogP contribution >= 0.6 is 0 Å². The highest BCUT2D eigenvalue weighted by Crippen LogP contribution is 2.35. The molecule has 2 aliphatic rings. The van der Waals surface area contributed by atoms with Gasteiger partial charge in [-0.15, -0.1) is 6.58 Å². The van der Waals surface area contributed by atoms with E-state index in [0.717, 1.165) is 25.7 Å². The fourth-order valence-electron chi connectivity index (χ4n) is 2.91. The maximum atomic E-state index is 12.6. The first-order valence-electron chi connectivity index (χ1n) is 6.29. The van der Waals surface area contributed by atoms with E-state index in [9.17, 15) is 9.59 Å². The number of rotatable bonds is 2. The molecule has 0 aromatic heterocycles. The average molecular weight is 236 g/mol. The molecule has 4 nitrogen and oxygen atoms in total. The van der Waals surface area contributed by atoms with Gasteiger partial charge in [-0.3, -0.25) is 9.59 Å². The Morgan fingerprint density at radius 2 is 2.06 bits per heavy atom. The Morgan fingerprint density at radius 1 is 1.47 bits per heavy atom. The molecule has 17 heavy (non-hydrogen) atoms. The zero-order valence-electron chi connectivity index (χ0n) is 10.5. The maximum absolute atomic E-state index is 12.6. The van der Waals surface area contributed by atoms with Crippen LogP contribution in [0.2, 0.25) is 0 Å². The van der Waals surface area contributed by atoms with Crippen molar-refractivity contribution in [1.82, 2.24) is 10.2 Å². The Labute approximate surface area is 102 Å². The molecule has 0 radical (unpaired) electrons. The van der Waals surface area contributed by atoms with Crippen LogP contribution in [0.15, 0.2) is 12.7 Å². The lowest BCUT2D eigenvalue weighted by Crippen LogP contribution is -2.70. The van der Waals surface area contributed by atoms with E-state index in [-0.39, 0.29) is 17.9 Å². The van der Waals surface area contributed by atoms with Gasteiger partial charge in [0.1, 0.15) is 11.6 Å². The van der Waals surface area contributed by atoms with Crippen molar-refractivity contribution in [1.29, 1.82) is 0 Å². The summed E-state index contributed by atoms with van der Waals surface area (Å²) < 4.78 is 0. The molecule has 1 saturated carbocycles. The van der Waals surface area contributed by atoms with Crippen molar-refractivity contribution in [3.8, 4) is 0 Å². The summed E-state index contributed by atoms with van der Waals surface area (Å²) in [6.07, 6.45) is 5.28. The van der Waals surface area contributed by atoms with Gasteiger partial charge >= 0.3 is 0 Å². The lowest BCUT2D eigenvalue weighted by atomic mass is 9.90. The number of amides is 2. The van der Waals surface area contributed by atoms with Gasteiger partial charge in [-0.1, -0.05) is 18.9 Å². The first-order chi connectivity index (χ1) is 8.02. The summed E-state index contributed by atoms with van der Waals surface area (Å²) in [5.74, 6) is 0.0229. The number of carbonyl (C=O) groups is 2. The third kappa shape index (κ3) is 1.75. The fourth-order valence-corrected chi connectivity index (χ4v) is 2.91. The summed E-state index contributed by atoms with van der Waals surface area (Å²) in [4.78, 5) is 26.2. The van der Waals surface area contributed by atoms with Crippen molar-refractivity contribution >= 4 is 11.8 Å². The van der Waals surface area contributed by atoms with E-state index in [1.54, 1.807) is 17.9 Å². The molecule has 1 saturated heterocycles. The van der Waals surface area contributed by atoms with E-state index in [0.29, 0.717) is 0 Å². The minimum atomic E-state index is -0.624. The number of hydrogen-bond donors (Lipinski definition) is 1. The van der Waals surface area contributed by atoms with Crippen LogP contribution in [-0.4, -0.2) is 34.3 Å². The summed E-state index contributed by atoms with van der Waals surface area (Å²) >= 11 is 0. The SMILES string of the molecule is C=CC(C)N1C(=O)C2(CCCC2)NC(=O)C1C. The predicted molar refractivity (Wildman–Crippen MR) is 65.3 cm³/mol. The van der Waals surface area contributed by atoms with E-state index in [1.807, 2.05) is 6.92 Å². The van der Waals surface area contributed by atoms with Gasteiger partial charge < -0.3 is 10.2 Å². The Kier molecular flexibility index (Phi) is 2.98. The number of hydrogen-bond acceptors (Lipinski definition) is 2. The molecule has 1 heterocycles. The Morgan fingerprint density at radius 3 is 2.59 bits per heavy atom. The van der Waals surface area contributed by atoms with Gasteiger partial charge in [0.25, 0.3) is 0 Å². The molecule has 2 fully saturated rings. The molecule has 0 aromatic rings. The zero-order valence-corrected chi connectivity index (χ0v) is 10.5. The molecule has 2 amide bonds. The Balaban J connectivity index is 2.33. The molecule has 4 heteroatoms. The minimum Gasteiger partial charge on any atom is -0.340 e. The smallest absolute Gasteiger partial charge is 0.249 e. The molecule has 0 aromatic carbocycles. The summed E-state index contributed by atoms with van der Waals surface area (Å²) in [6.45, 7) is 7.40.